The Morgan fingerprint density at radius 2 is 2.23 bits per heavy atom. The summed E-state index contributed by atoms with van der Waals surface area (Å²) in [6.07, 6.45) is 3.70. The third kappa shape index (κ3) is 4.42. The van der Waals surface area contributed by atoms with Crippen molar-refractivity contribution in [2.45, 2.75) is 37.9 Å². The molecule has 1 aromatic carbocycles. The van der Waals surface area contributed by atoms with E-state index in [2.05, 4.69) is 26.6 Å². The zero-order valence-electron chi connectivity index (χ0n) is 12.5. The maximum absolute atomic E-state index is 13.5. The highest BCUT2D eigenvalue weighted by atomic mass is 79.9. The van der Waals surface area contributed by atoms with Gasteiger partial charge in [-0.05, 0) is 52.4 Å². The van der Waals surface area contributed by atoms with Crippen LogP contribution in [0.1, 0.15) is 24.8 Å². The first-order valence-electron chi connectivity index (χ1n) is 7.72. The number of hydrogen-bond acceptors (Lipinski definition) is 3. The molecular formula is C16H23BrClFN2O. The monoisotopic (exact) mass is 392 g/mol. The van der Waals surface area contributed by atoms with Crippen molar-refractivity contribution in [3.63, 3.8) is 0 Å². The molecule has 6 heteroatoms. The van der Waals surface area contributed by atoms with Gasteiger partial charge in [0.1, 0.15) is 5.82 Å². The van der Waals surface area contributed by atoms with Crippen LogP contribution in [0.15, 0.2) is 22.7 Å². The molecular weight excluding hydrogens is 371 g/mol. The molecule has 3 unspecified atom stereocenters. The van der Waals surface area contributed by atoms with E-state index in [1.165, 1.54) is 19.3 Å². The van der Waals surface area contributed by atoms with Gasteiger partial charge in [0.25, 0.3) is 0 Å². The molecule has 124 valence electrons. The van der Waals surface area contributed by atoms with Gasteiger partial charge in [0.15, 0.2) is 0 Å². The molecule has 2 aliphatic rings. The molecule has 0 spiro atoms. The summed E-state index contributed by atoms with van der Waals surface area (Å²) in [7, 11) is 0. The van der Waals surface area contributed by atoms with Gasteiger partial charge in [0.2, 0.25) is 0 Å². The molecule has 1 saturated heterocycles. The predicted octanol–water partition coefficient (Wildman–Crippen LogP) is 3.26. The minimum absolute atomic E-state index is 0. The second-order valence-electron chi connectivity index (χ2n) is 5.97. The van der Waals surface area contributed by atoms with Gasteiger partial charge in [-0.3, -0.25) is 0 Å². The first-order valence-corrected chi connectivity index (χ1v) is 8.52. The summed E-state index contributed by atoms with van der Waals surface area (Å²) in [5, 5.41) is 7.19. The smallest absolute Gasteiger partial charge is 0.137 e. The third-order valence-electron chi connectivity index (χ3n) is 4.59. The second kappa shape index (κ2) is 8.60. The molecule has 22 heavy (non-hydrogen) atoms. The van der Waals surface area contributed by atoms with Crippen LogP contribution in [0.25, 0.3) is 0 Å². The first kappa shape index (κ1) is 18.1. The van der Waals surface area contributed by atoms with Crippen LogP contribution < -0.4 is 10.6 Å². The molecule has 0 bridgehead atoms. The van der Waals surface area contributed by atoms with Crippen LogP contribution in [0, 0.1) is 11.7 Å². The van der Waals surface area contributed by atoms with Crippen molar-refractivity contribution in [3.05, 3.63) is 34.1 Å². The van der Waals surface area contributed by atoms with Crippen LogP contribution in [0.4, 0.5) is 4.39 Å². The largest absolute Gasteiger partial charge is 0.379 e. The summed E-state index contributed by atoms with van der Waals surface area (Å²) in [5.41, 5.74) is 0.995. The molecule has 3 nitrogen and oxygen atoms in total. The van der Waals surface area contributed by atoms with Crippen LogP contribution in [-0.4, -0.2) is 31.8 Å². The zero-order chi connectivity index (χ0) is 14.7. The zero-order valence-corrected chi connectivity index (χ0v) is 14.9. The molecule has 3 rings (SSSR count). The van der Waals surface area contributed by atoms with Gasteiger partial charge >= 0.3 is 0 Å². The molecule has 2 fully saturated rings. The minimum atomic E-state index is -0.195. The quantitative estimate of drug-likeness (QED) is 0.824. The van der Waals surface area contributed by atoms with Crippen molar-refractivity contribution >= 4 is 28.3 Å². The fraction of sp³-hybridized carbons (Fsp3) is 0.625. The van der Waals surface area contributed by atoms with Gasteiger partial charge in [0.05, 0.1) is 17.7 Å². The summed E-state index contributed by atoms with van der Waals surface area (Å²) in [4.78, 5) is 0. The normalized spacial score (nSPS) is 28.4. The summed E-state index contributed by atoms with van der Waals surface area (Å²) in [6, 6.07) is 6.29. The first-order chi connectivity index (χ1) is 10.2. The van der Waals surface area contributed by atoms with E-state index < -0.39 is 0 Å². The Hall–Kier alpha value is -0.200. The second-order valence-corrected chi connectivity index (χ2v) is 6.82. The standard InChI is InChI=1S/C16H22BrFN2O.ClH/c17-13-5-4-11(8-14(13)18)9-20-15-3-1-2-12(15)16-10-21-7-6-19-16;/h4-5,8,12,15-16,19-20H,1-3,6-7,9-10H2;1H. The van der Waals surface area contributed by atoms with E-state index in [1.807, 2.05) is 6.07 Å². The Morgan fingerprint density at radius 1 is 1.36 bits per heavy atom. The Labute approximate surface area is 145 Å². The lowest BCUT2D eigenvalue weighted by Crippen LogP contribution is -2.50. The molecule has 3 atom stereocenters. The number of halogens is 3. The van der Waals surface area contributed by atoms with E-state index in [-0.39, 0.29) is 18.2 Å². The molecule has 2 N–H and O–H groups in total. The fourth-order valence-electron chi connectivity index (χ4n) is 3.48. The van der Waals surface area contributed by atoms with E-state index >= 15 is 0 Å². The molecule has 1 aromatic rings. The summed E-state index contributed by atoms with van der Waals surface area (Å²) >= 11 is 3.19. The number of ether oxygens (including phenoxy) is 1. The van der Waals surface area contributed by atoms with Crippen molar-refractivity contribution in [2.24, 2.45) is 5.92 Å². The summed E-state index contributed by atoms with van der Waals surface area (Å²) in [6.45, 7) is 3.31. The van der Waals surface area contributed by atoms with E-state index in [1.54, 1.807) is 12.1 Å². The number of hydrogen-bond donors (Lipinski definition) is 2. The summed E-state index contributed by atoms with van der Waals surface area (Å²) in [5.74, 6) is 0.421. The fourth-order valence-corrected chi connectivity index (χ4v) is 3.73. The predicted molar refractivity (Wildman–Crippen MR) is 91.9 cm³/mol. The lowest BCUT2D eigenvalue weighted by Gasteiger charge is -2.33. The third-order valence-corrected chi connectivity index (χ3v) is 5.23. The maximum Gasteiger partial charge on any atom is 0.137 e. The maximum atomic E-state index is 13.5. The average molecular weight is 394 g/mol. The van der Waals surface area contributed by atoms with E-state index in [0.29, 0.717) is 22.5 Å². The molecule has 1 heterocycles. The highest BCUT2D eigenvalue weighted by Crippen LogP contribution is 2.29. The van der Waals surface area contributed by atoms with Crippen molar-refractivity contribution in [1.82, 2.24) is 10.6 Å². The Bertz CT molecular complexity index is 485. The number of rotatable bonds is 4. The van der Waals surface area contributed by atoms with Gasteiger partial charge in [-0.25, -0.2) is 4.39 Å². The topological polar surface area (TPSA) is 33.3 Å². The van der Waals surface area contributed by atoms with Crippen molar-refractivity contribution in [1.29, 1.82) is 0 Å². The van der Waals surface area contributed by atoms with Gasteiger partial charge in [-0.1, -0.05) is 12.5 Å². The molecule has 0 radical (unpaired) electrons. The summed E-state index contributed by atoms with van der Waals surface area (Å²) < 4.78 is 19.7. The van der Waals surface area contributed by atoms with E-state index in [9.17, 15) is 4.39 Å². The Balaban J connectivity index is 0.00000176. The Kier molecular flexibility index (Phi) is 7.09. The van der Waals surface area contributed by atoms with Crippen LogP contribution in [-0.2, 0) is 11.3 Å². The van der Waals surface area contributed by atoms with Crippen LogP contribution >= 0.6 is 28.3 Å². The lowest BCUT2D eigenvalue weighted by molar-refractivity contribution is 0.0524. The van der Waals surface area contributed by atoms with Gasteiger partial charge < -0.3 is 15.4 Å². The van der Waals surface area contributed by atoms with Crippen LogP contribution in [0.5, 0.6) is 0 Å². The lowest BCUT2D eigenvalue weighted by atomic mass is 9.94. The minimum Gasteiger partial charge on any atom is -0.379 e. The average Bonchev–Trinajstić information content (AvgIpc) is 2.98. The van der Waals surface area contributed by atoms with Gasteiger partial charge in [0, 0.05) is 25.2 Å². The molecule has 1 saturated carbocycles. The number of benzene rings is 1. The van der Waals surface area contributed by atoms with Gasteiger partial charge in [-0.15, -0.1) is 12.4 Å². The SMILES string of the molecule is Cl.Fc1cc(CNC2CCCC2C2COCCN2)ccc1Br. The van der Waals surface area contributed by atoms with Crippen molar-refractivity contribution in [2.75, 3.05) is 19.8 Å². The molecule has 0 amide bonds. The molecule has 1 aliphatic heterocycles. The van der Waals surface area contributed by atoms with Crippen LogP contribution in [0.2, 0.25) is 0 Å². The van der Waals surface area contributed by atoms with Crippen molar-refractivity contribution in [3.8, 4) is 0 Å². The Morgan fingerprint density at radius 3 is 2.95 bits per heavy atom. The van der Waals surface area contributed by atoms with E-state index in [4.69, 9.17) is 4.74 Å². The molecule has 0 aromatic heterocycles. The highest BCUT2D eigenvalue weighted by Gasteiger charge is 2.34. The number of nitrogens with one attached hydrogen (secondary N) is 2. The molecule has 1 aliphatic carbocycles. The van der Waals surface area contributed by atoms with Crippen LogP contribution in [0.3, 0.4) is 0 Å². The van der Waals surface area contributed by atoms with Crippen molar-refractivity contribution < 1.29 is 9.13 Å². The highest BCUT2D eigenvalue weighted by molar-refractivity contribution is 9.10. The number of morpholine rings is 1. The van der Waals surface area contributed by atoms with E-state index in [0.717, 1.165) is 31.9 Å². The van der Waals surface area contributed by atoms with Gasteiger partial charge in [-0.2, -0.15) is 0 Å².